The number of allylic oxidation sites excluding steroid dienone is 1. The van der Waals surface area contributed by atoms with E-state index >= 15 is 0 Å². The van der Waals surface area contributed by atoms with Crippen molar-refractivity contribution in [2.45, 2.75) is 18.7 Å². The second kappa shape index (κ2) is 6.72. The Morgan fingerprint density at radius 2 is 1.64 bits per heavy atom. The lowest BCUT2D eigenvalue weighted by molar-refractivity contribution is 0.576. The lowest BCUT2D eigenvalue weighted by Crippen LogP contribution is -2.36. The van der Waals surface area contributed by atoms with Crippen LogP contribution in [0.4, 0.5) is 4.39 Å². The molecule has 0 aromatic heterocycles. The summed E-state index contributed by atoms with van der Waals surface area (Å²) in [6.45, 7) is 3.64. The molecule has 0 fully saturated rings. The second-order valence-corrected chi connectivity index (χ2v) is 6.44. The monoisotopic (exact) mass is 320 g/mol. The molecule has 0 radical (unpaired) electrons. The highest BCUT2D eigenvalue weighted by Gasteiger charge is 2.13. The van der Waals surface area contributed by atoms with Crippen LogP contribution in [0.3, 0.4) is 0 Å². The number of sulfonamides is 1. The third-order valence-electron chi connectivity index (χ3n) is 3.10. The molecule has 2 aromatic rings. The molecular weight excluding hydrogens is 303 g/mol. The summed E-state index contributed by atoms with van der Waals surface area (Å²) in [5.74, 6) is -0.348. The van der Waals surface area contributed by atoms with Crippen LogP contribution in [0, 0.1) is 12.7 Å². The van der Waals surface area contributed by atoms with Gasteiger partial charge >= 0.3 is 0 Å². The molecule has 0 unspecified atom stereocenters. The van der Waals surface area contributed by atoms with Gasteiger partial charge in [-0.05, 0) is 55.8 Å². The predicted octanol–water partition coefficient (Wildman–Crippen LogP) is 2.98. The summed E-state index contributed by atoms with van der Waals surface area (Å²) in [7, 11) is -3.67. The zero-order valence-corrected chi connectivity index (χ0v) is 13.1. The Balaban J connectivity index is 2.13. The average Bonchev–Trinajstić information content (AvgIpc) is 2.50. The van der Waals surface area contributed by atoms with Gasteiger partial charge in [-0.2, -0.15) is 0 Å². The van der Waals surface area contributed by atoms with Crippen molar-refractivity contribution in [2.75, 3.05) is 0 Å². The summed E-state index contributed by atoms with van der Waals surface area (Å²) in [6, 6.07) is 12.3. The smallest absolute Gasteiger partial charge is 0.257 e. The van der Waals surface area contributed by atoms with E-state index in [2.05, 4.69) is 10.3 Å². The Hall–Kier alpha value is -2.18. The Morgan fingerprint density at radius 3 is 2.18 bits per heavy atom. The Kier molecular flexibility index (Phi) is 4.95. The number of benzene rings is 2. The van der Waals surface area contributed by atoms with E-state index in [1.165, 1.54) is 24.3 Å². The Morgan fingerprint density at radius 1 is 1.05 bits per heavy atom. The fourth-order valence-corrected chi connectivity index (χ4v) is 2.70. The number of nitrogens with one attached hydrogen (secondary N) is 2. The fraction of sp³-hybridized carbons (Fsp3) is 0.125. The van der Waals surface area contributed by atoms with E-state index in [0.29, 0.717) is 11.3 Å². The standard InChI is InChI=1S/C16H17FN2O2S/c1-3-16(13-6-8-14(17)9-7-13)18-19-22(20,21)15-10-4-12(2)5-11-15/h3-11,18-19H,1-2H3. The SMILES string of the molecule is CC=C(NNS(=O)(=O)c1ccc(C)cc1)c1ccc(F)cc1. The van der Waals surface area contributed by atoms with Crippen LogP contribution in [0.15, 0.2) is 59.5 Å². The van der Waals surface area contributed by atoms with Crippen molar-refractivity contribution in [1.82, 2.24) is 10.3 Å². The van der Waals surface area contributed by atoms with Gasteiger partial charge in [0, 0.05) is 0 Å². The second-order valence-electron chi connectivity index (χ2n) is 4.75. The zero-order valence-electron chi connectivity index (χ0n) is 12.3. The van der Waals surface area contributed by atoms with E-state index in [4.69, 9.17) is 0 Å². The highest BCUT2D eigenvalue weighted by atomic mass is 32.2. The number of aryl methyl sites for hydroxylation is 1. The molecule has 6 heteroatoms. The third-order valence-corrected chi connectivity index (χ3v) is 4.36. The molecule has 0 atom stereocenters. The normalized spacial score (nSPS) is 12.2. The van der Waals surface area contributed by atoms with Crippen molar-refractivity contribution >= 4 is 15.7 Å². The molecule has 116 valence electrons. The van der Waals surface area contributed by atoms with Crippen LogP contribution >= 0.6 is 0 Å². The van der Waals surface area contributed by atoms with E-state index in [9.17, 15) is 12.8 Å². The van der Waals surface area contributed by atoms with E-state index < -0.39 is 10.0 Å². The van der Waals surface area contributed by atoms with Gasteiger partial charge in [0.1, 0.15) is 5.82 Å². The van der Waals surface area contributed by atoms with E-state index in [0.717, 1.165) is 5.56 Å². The van der Waals surface area contributed by atoms with Crippen LogP contribution in [0.5, 0.6) is 0 Å². The van der Waals surface area contributed by atoms with Gasteiger partial charge in [0.25, 0.3) is 10.0 Å². The molecule has 0 amide bonds. The summed E-state index contributed by atoms with van der Waals surface area (Å²) < 4.78 is 37.3. The van der Waals surface area contributed by atoms with Crippen molar-refractivity contribution in [3.05, 3.63) is 71.6 Å². The minimum absolute atomic E-state index is 0.167. The highest BCUT2D eigenvalue weighted by Crippen LogP contribution is 2.13. The summed E-state index contributed by atoms with van der Waals surface area (Å²) in [4.78, 5) is 2.49. The first-order valence-electron chi connectivity index (χ1n) is 6.69. The summed E-state index contributed by atoms with van der Waals surface area (Å²) in [5, 5.41) is 0. The number of hydrogen-bond acceptors (Lipinski definition) is 3. The number of hydrazine groups is 1. The quantitative estimate of drug-likeness (QED) is 0.833. The first-order valence-corrected chi connectivity index (χ1v) is 8.17. The first-order chi connectivity index (χ1) is 10.4. The molecule has 0 saturated heterocycles. The van der Waals surface area contributed by atoms with Crippen molar-refractivity contribution in [3.8, 4) is 0 Å². The molecule has 2 rings (SSSR count). The summed E-state index contributed by atoms with van der Waals surface area (Å²) >= 11 is 0. The molecular formula is C16H17FN2O2S. The summed E-state index contributed by atoms with van der Waals surface area (Å²) in [6.07, 6.45) is 1.70. The van der Waals surface area contributed by atoms with Crippen LogP contribution in [-0.2, 0) is 10.0 Å². The molecule has 0 saturated carbocycles. The minimum atomic E-state index is -3.67. The van der Waals surface area contributed by atoms with E-state index in [1.54, 1.807) is 37.3 Å². The average molecular weight is 320 g/mol. The minimum Gasteiger partial charge on any atom is -0.308 e. The van der Waals surface area contributed by atoms with E-state index in [1.807, 2.05) is 6.92 Å². The van der Waals surface area contributed by atoms with Gasteiger partial charge in [0.2, 0.25) is 0 Å². The molecule has 2 aromatic carbocycles. The van der Waals surface area contributed by atoms with Crippen LogP contribution < -0.4 is 10.3 Å². The van der Waals surface area contributed by atoms with Gasteiger partial charge in [0.15, 0.2) is 0 Å². The molecule has 0 aliphatic rings. The van der Waals surface area contributed by atoms with Crippen LogP contribution in [-0.4, -0.2) is 8.42 Å². The molecule has 4 nitrogen and oxygen atoms in total. The van der Waals surface area contributed by atoms with E-state index in [-0.39, 0.29) is 10.7 Å². The summed E-state index contributed by atoms with van der Waals surface area (Å²) in [5.41, 5.74) is 4.85. The van der Waals surface area contributed by atoms with Gasteiger partial charge in [-0.1, -0.05) is 23.8 Å². The van der Waals surface area contributed by atoms with Gasteiger partial charge in [-0.3, -0.25) is 0 Å². The van der Waals surface area contributed by atoms with Crippen molar-refractivity contribution in [1.29, 1.82) is 0 Å². The Labute approximate surface area is 129 Å². The predicted molar refractivity (Wildman–Crippen MR) is 84.7 cm³/mol. The van der Waals surface area contributed by atoms with Gasteiger partial charge in [0.05, 0.1) is 10.6 Å². The van der Waals surface area contributed by atoms with Gasteiger partial charge in [-0.15, -0.1) is 4.83 Å². The molecule has 0 bridgehead atoms. The lowest BCUT2D eigenvalue weighted by atomic mass is 10.1. The van der Waals surface area contributed by atoms with Crippen LogP contribution in [0.2, 0.25) is 0 Å². The van der Waals surface area contributed by atoms with Gasteiger partial charge < -0.3 is 5.43 Å². The molecule has 0 aliphatic carbocycles. The lowest BCUT2D eigenvalue weighted by Gasteiger charge is -2.13. The van der Waals surface area contributed by atoms with Crippen LogP contribution in [0.1, 0.15) is 18.1 Å². The topological polar surface area (TPSA) is 58.2 Å². The molecule has 2 N–H and O–H groups in total. The zero-order chi connectivity index (χ0) is 16.2. The maximum Gasteiger partial charge on any atom is 0.257 e. The fourth-order valence-electron chi connectivity index (χ4n) is 1.84. The van der Waals surface area contributed by atoms with Crippen molar-refractivity contribution in [3.63, 3.8) is 0 Å². The number of rotatable bonds is 5. The molecule has 0 aliphatic heterocycles. The highest BCUT2D eigenvalue weighted by molar-refractivity contribution is 7.89. The molecule has 0 spiro atoms. The van der Waals surface area contributed by atoms with Crippen LogP contribution in [0.25, 0.3) is 5.70 Å². The number of halogens is 1. The third kappa shape index (κ3) is 3.93. The Bertz CT molecular complexity index is 767. The molecule has 22 heavy (non-hydrogen) atoms. The maximum atomic E-state index is 12.9. The van der Waals surface area contributed by atoms with Gasteiger partial charge in [-0.25, -0.2) is 12.8 Å². The number of hydrogen-bond donors (Lipinski definition) is 2. The first kappa shape index (κ1) is 16.2. The maximum absolute atomic E-state index is 12.9. The molecule has 0 heterocycles. The largest absolute Gasteiger partial charge is 0.308 e. The van der Waals surface area contributed by atoms with Crippen molar-refractivity contribution < 1.29 is 12.8 Å². The van der Waals surface area contributed by atoms with Crippen molar-refractivity contribution in [2.24, 2.45) is 0 Å².